The van der Waals surface area contributed by atoms with Gasteiger partial charge in [-0.25, -0.2) is 19.3 Å². The van der Waals surface area contributed by atoms with Crippen LogP contribution in [0.4, 0.5) is 14.6 Å². The number of benzene rings is 2. The van der Waals surface area contributed by atoms with Crippen LogP contribution in [-0.4, -0.2) is 76.9 Å². The predicted octanol–water partition coefficient (Wildman–Crippen LogP) is 6.35. The number of imide groups is 1. The van der Waals surface area contributed by atoms with E-state index in [2.05, 4.69) is 10.00 Å². The molecular formula is C35H28ClF2N9O3S. The second-order valence-electron chi connectivity index (χ2n) is 13.5. The van der Waals surface area contributed by atoms with Crippen molar-refractivity contribution >= 4 is 62.8 Å². The Balaban J connectivity index is 0.990. The maximum Gasteiger partial charge on any atom is 0.333 e. The highest BCUT2D eigenvalue weighted by atomic mass is 35.5. The zero-order valence-electron chi connectivity index (χ0n) is 26.8. The molecule has 6 aromatic rings. The number of aromatic nitrogens is 7. The van der Waals surface area contributed by atoms with Gasteiger partial charge in [-0.15, -0.1) is 0 Å². The van der Waals surface area contributed by atoms with Crippen LogP contribution in [-0.2, 0) is 10.2 Å². The molecule has 0 N–H and O–H groups in total. The van der Waals surface area contributed by atoms with E-state index in [9.17, 15) is 18.4 Å². The lowest BCUT2D eigenvalue weighted by Crippen LogP contribution is -2.42. The number of alkyl halides is 2. The number of amides is 2. The van der Waals surface area contributed by atoms with Gasteiger partial charge >= 0.3 is 6.55 Å². The number of carbonyl (C=O) groups excluding carboxylic acids is 2. The van der Waals surface area contributed by atoms with Gasteiger partial charge in [0.2, 0.25) is 0 Å². The van der Waals surface area contributed by atoms with E-state index in [0.29, 0.717) is 74.6 Å². The molecule has 7 heterocycles. The Bertz CT molecular complexity index is 2350. The highest BCUT2D eigenvalue weighted by molar-refractivity contribution is 7.03. The summed E-state index contributed by atoms with van der Waals surface area (Å²) < 4.78 is 40.1. The van der Waals surface area contributed by atoms with Gasteiger partial charge in [-0.3, -0.25) is 14.5 Å². The molecule has 3 aliphatic heterocycles. The summed E-state index contributed by atoms with van der Waals surface area (Å²) in [5.74, 6) is 0.427. The lowest BCUT2D eigenvalue weighted by molar-refractivity contribution is -0.0368. The van der Waals surface area contributed by atoms with Crippen LogP contribution in [0.15, 0.2) is 60.2 Å². The molecule has 51 heavy (non-hydrogen) atoms. The molecule has 258 valence electrons. The molecule has 10 rings (SSSR count). The van der Waals surface area contributed by atoms with E-state index >= 15 is 0 Å². The third-order valence-corrected chi connectivity index (χ3v) is 12.0. The SMILES string of the molecule is O=C1c2ccccc2C(=O)N1CC1(c2ccsn2)[C@@H]2CN(c3cnc4c(-c5ccc6nn(C(F)F)cc6c5Cl)nn(C5CCCCO5)c4n3)C[C@@H]21. The zero-order valence-corrected chi connectivity index (χ0v) is 28.4. The minimum atomic E-state index is -2.80. The first-order valence-electron chi connectivity index (χ1n) is 16.8. The first kappa shape index (κ1) is 30.9. The highest BCUT2D eigenvalue weighted by Gasteiger charge is 2.71. The summed E-state index contributed by atoms with van der Waals surface area (Å²) in [5.41, 5.74) is 3.74. The van der Waals surface area contributed by atoms with Gasteiger partial charge in [-0.1, -0.05) is 23.7 Å². The van der Waals surface area contributed by atoms with E-state index in [1.54, 1.807) is 47.3 Å². The molecule has 2 aromatic carbocycles. The normalized spacial score (nSPS) is 24.4. The summed E-state index contributed by atoms with van der Waals surface area (Å²) in [4.78, 5) is 40.3. The molecular weight excluding hydrogens is 700 g/mol. The Hall–Kier alpha value is -4.86. The Morgan fingerprint density at radius 3 is 2.47 bits per heavy atom. The van der Waals surface area contributed by atoms with Crippen LogP contribution in [0.25, 0.3) is 33.3 Å². The van der Waals surface area contributed by atoms with Crippen molar-refractivity contribution in [1.29, 1.82) is 0 Å². The molecule has 2 amide bonds. The fourth-order valence-electron chi connectivity index (χ4n) is 8.43. The Labute approximate surface area is 297 Å². The molecule has 16 heteroatoms. The third kappa shape index (κ3) is 4.53. The average Bonchev–Trinajstić information content (AvgIpc) is 3.88. The van der Waals surface area contributed by atoms with Gasteiger partial charge in [-0.2, -0.15) is 23.4 Å². The maximum atomic E-state index is 13.4. The van der Waals surface area contributed by atoms with Crippen molar-refractivity contribution in [3.8, 4) is 11.3 Å². The summed E-state index contributed by atoms with van der Waals surface area (Å²) in [6.07, 6.45) is 5.27. The van der Waals surface area contributed by atoms with Crippen molar-refractivity contribution in [3.63, 3.8) is 0 Å². The molecule has 0 bridgehead atoms. The average molecular weight is 728 g/mol. The van der Waals surface area contributed by atoms with Crippen molar-refractivity contribution < 1.29 is 23.1 Å². The van der Waals surface area contributed by atoms with E-state index in [4.69, 9.17) is 35.8 Å². The third-order valence-electron chi connectivity index (χ3n) is 11.0. The van der Waals surface area contributed by atoms with Gasteiger partial charge < -0.3 is 9.64 Å². The first-order chi connectivity index (χ1) is 24.8. The fourth-order valence-corrected chi connectivity index (χ4v) is 9.32. The van der Waals surface area contributed by atoms with Crippen molar-refractivity contribution in [2.24, 2.45) is 11.8 Å². The molecule has 1 aliphatic carbocycles. The molecule has 0 radical (unpaired) electrons. The predicted molar refractivity (Wildman–Crippen MR) is 184 cm³/mol. The standard InChI is InChI=1S/C35H28ClF2N9O3S/c36-28-20(8-9-24-21(28)14-46(41-24)34(37)38)29-30-31(47(42-29)27-7-3-4-11-50-27)40-26(13-39-30)44-15-22-23(16-44)35(22,25-10-12-51-43-25)17-45-32(48)18-5-1-2-6-19(18)33(45)49/h1-2,5-6,8-10,12-14,22-23,27,34H,3-4,7,11,15-17H2/t22-,23+,27?,35?. The van der Waals surface area contributed by atoms with Gasteiger partial charge in [0.05, 0.1) is 33.6 Å². The number of rotatable bonds is 7. The molecule has 4 atom stereocenters. The fraction of sp³-hybridized carbons (Fsp3) is 0.343. The number of hydrogen-bond acceptors (Lipinski definition) is 10. The number of piperidine rings is 1. The lowest BCUT2D eigenvalue weighted by Gasteiger charge is -2.29. The number of ether oxygens (including phenoxy) is 1. The number of halogens is 3. The van der Waals surface area contributed by atoms with E-state index < -0.39 is 12.0 Å². The van der Waals surface area contributed by atoms with Crippen LogP contribution < -0.4 is 4.90 Å². The molecule has 1 saturated carbocycles. The van der Waals surface area contributed by atoms with Gasteiger partial charge in [0.15, 0.2) is 11.9 Å². The summed E-state index contributed by atoms with van der Waals surface area (Å²) in [6.45, 7) is -0.648. The van der Waals surface area contributed by atoms with Gasteiger partial charge in [0.25, 0.3) is 11.8 Å². The molecule has 2 saturated heterocycles. The van der Waals surface area contributed by atoms with Crippen LogP contribution in [0.1, 0.15) is 58.4 Å². The molecule has 12 nitrogen and oxygen atoms in total. The number of carbonyl (C=O) groups is 2. The number of anilines is 1. The summed E-state index contributed by atoms with van der Waals surface area (Å²) in [5, 5.41) is 11.5. The minimum Gasteiger partial charge on any atom is -0.356 e. The molecule has 3 fully saturated rings. The smallest absolute Gasteiger partial charge is 0.333 e. The van der Waals surface area contributed by atoms with Crippen LogP contribution in [0, 0.1) is 11.8 Å². The number of fused-ring (bicyclic) bond motifs is 4. The van der Waals surface area contributed by atoms with E-state index in [-0.39, 0.29) is 41.4 Å². The van der Waals surface area contributed by atoms with Crippen LogP contribution in [0.5, 0.6) is 0 Å². The van der Waals surface area contributed by atoms with E-state index in [0.717, 1.165) is 25.0 Å². The van der Waals surface area contributed by atoms with Crippen molar-refractivity contribution in [2.45, 2.75) is 37.5 Å². The minimum absolute atomic E-state index is 0.142. The quantitative estimate of drug-likeness (QED) is 0.173. The highest BCUT2D eigenvalue weighted by Crippen LogP contribution is 2.64. The van der Waals surface area contributed by atoms with Crippen LogP contribution in [0.3, 0.4) is 0 Å². The van der Waals surface area contributed by atoms with E-state index in [1.165, 1.54) is 22.6 Å². The van der Waals surface area contributed by atoms with E-state index in [1.807, 2.05) is 11.4 Å². The number of nitrogens with zero attached hydrogens (tertiary/aromatic N) is 9. The van der Waals surface area contributed by atoms with Crippen molar-refractivity contribution in [1.82, 2.24) is 38.8 Å². The van der Waals surface area contributed by atoms with Crippen LogP contribution >= 0.6 is 23.1 Å². The molecule has 4 aliphatic rings. The Morgan fingerprint density at radius 2 is 1.78 bits per heavy atom. The van der Waals surface area contributed by atoms with Gasteiger partial charge in [-0.05, 0) is 73.0 Å². The number of hydrogen-bond donors (Lipinski definition) is 0. The molecule has 2 unspecified atom stereocenters. The lowest BCUT2D eigenvalue weighted by atomic mass is 9.94. The monoisotopic (exact) mass is 727 g/mol. The topological polar surface area (TPSA) is 124 Å². The van der Waals surface area contributed by atoms with Crippen molar-refractivity contribution in [2.75, 3.05) is 31.1 Å². The van der Waals surface area contributed by atoms with Crippen molar-refractivity contribution in [3.05, 3.63) is 82.1 Å². The Morgan fingerprint density at radius 1 is 1.00 bits per heavy atom. The maximum absolute atomic E-state index is 13.4. The summed E-state index contributed by atoms with van der Waals surface area (Å²) >= 11 is 8.20. The molecule has 0 spiro atoms. The van der Waals surface area contributed by atoms with Gasteiger partial charge in [0.1, 0.15) is 17.0 Å². The largest absolute Gasteiger partial charge is 0.356 e. The molecule has 4 aromatic heterocycles. The zero-order chi connectivity index (χ0) is 34.6. The summed E-state index contributed by atoms with van der Waals surface area (Å²) in [7, 11) is 0. The Kier molecular flexibility index (Phi) is 6.86. The second-order valence-corrected chi connectivity index (χ2v) is 14.6. The first-order valence-corrected chi connectivity index (χ1v) is 18.0. The summed E-state index contributed by atoms with van der Waals surface area (Å²) in [6, 6.07) is 12.3. The second kappa shape index (κ2) is 11.3. The van der Waals surface area contributed by atoms with Gasteiger partial charge in [0, 0.05) is 54.2 Å². The van der Waals surface area contributed by atoms with Crippen LogP contribution in [0.2, 0.25) is 5.02 Å².